The molecule has 2 aromatic carbocycles. The molecule has 0 radical (unpaired) electrons. The van der Waals surface area contributed by atoms with Crippen LogP contribution < -0.4 is 16.0 Å². The first-order valence-electron chi connectivity index (χ1n) is 8.98. The maximum atomic E-state index is 12.2. The van der Waals surface area contributed by atoms with Gasteiger partial charge >= 0.3 is 0 Å². The van der Waals surface area contributed by atoms with Crippen molar-refractivity contribution in [2.45, 2.75) is 32.7 Å². The van der Waals surface area contributed by atoms with E-state index in [9.17, 15) is 14.4 Å². The molecule has 0 spiro atoms. The van der Waals surface area contributed by atoms with Crippen LogP contribution in [0.1, 0.15) is 44.7 Å². The van der Waals surface area contributed by atoms with Gasteiger partial charge < -0.3 is 16.0 Å². The summed E-state index contributed by atoms with van der Waals surface area (Å²) in [6.45, 7) is 3.69. The van der Waals surface area contributed by atoms with Gasteiger partial charge in [0.2, 0.25) is 5.91 Å². The fourth-order valence-electron chi connectivity index (χ4n) is 2.81. The van der Waals surface area contributed by atoms with Crippen LogP contribution in [-0.4, -0.2) is 30.3 Å². The average Bonchev–Trinajstić information content (AvgIpc) is 3.43. The molecular formula is C21H23N3O3. The highest BCUT2D eigenvalue weighted by Crippen LogP contribution is 2.20. The Morgan fingerprint density at radius 1 is 0.926 bits per heavy atom. The van der Waals surface area contributed by atoms with E-state index < -0.39 is 0 Å². The van der Waals surface area contributed by atoms with Crippen molar-refractivity contribution in [3.63, 3.8) is 0 Å². The average molecular weight is 365 g/mol. The van der Waals surface area contributed by atoms with Crippen LogP contribution in [0.25, 0.3) is 0 Å². The number of hydrogen-bond acceptors (Lipinski definition) is 3. The Morgan fingerprint density at radius 3 is 2.30 bits per heavy atom. The second-order valence-corrected chi connectivity index (χ2v) is 6.94. The van der Waals surface area contributed by atoms with E-state index in [1.165, 1.54) is 0 Å². The molecule has 1 aliphatic rings. The van der Waals surface area contributed by atoms with E-state index in [-0.39, 0.29) is 30.3 Å². The van der Waals surface area contributed by atoms with Crippen molar-refractivity contribution in [3.05, 3.63) is 64.7 Å². The lowest BCUT2D eigenvalue weighted by Crippen LogP contribution is -2.33. The van der Waals surface area contributed by atoms with Gasteiger partial charge in [-0.1, -0.05) is 23.3 Å². The quantitative estimate of drug-likeness (QED) is 0.735. The van der Waals surface area contributed by atoms with Crippen molar-refractivity contribution in [2.24, 2.45) is 0 Å². The van der Waals surface area contributed by atoms with Crippen LogP contribution in [0.4, 0.5) is 5.69 Å². The second kappa shape index (κ2) is 8.03. The SMILES string of the molecule is Cc1cc(C)cc(C(=O)NCC(=O)Nc2cccc(C(=O)NC3CC3)c2)c1. The van der Waals surface area contributed by atoms with Crippen LogP contribution in [0.5, 0.6) is 0 Å². The van der Waals surface area contributed by atoms with Crippen LogP contribution >= 0.6 is 0 Å². The molecule has 3 rings (SSSR count). The van der Waals surface area contributed by atoms with E-state index >= 15 is 0 Å². The summed E-state index contributed by atoms with van der Waals surface area (Å²) >= 11 is 0. The van der Waals surface area contributed by atoms with Crippen LogP contribution in [0.3, 0.4) is 0 Å². The number of carbonyl (C=O) groups excluding carboxylic acids is 3. The largest absolute Gasteiger partial charge is 0.349 e. The molecule has 6 nitrogen and oxygen atoms in total. The lowest BCUT2D eigenvalue weighted by atomic mass is 10.1. The maximum absolute atomic E-state index is 12.2. The number of anilines is 1. The maximum Gasteiger partial charge on any atom is 0.251 e. The zero-order chi connectivity index (χ0) is 19.4. The Hall–Kier alpha value is -3.15. The number of rotatable bonds is 6. The van der Waals surface area contributed by atoms with Crippen molar-refractivity contribution < 1.29 is 14.4 Å². The van der Waals surface area contributed by atoms with Gasteiger partial charge in [0.1, 0.15) is 0 Å². The van der Waals surface area contributed by atoms with Crippen molar-refractivity contribution in [1.82, 2.24) is 10.6 Å². The Morgan fingerprint density at radius 2 is 1.63 bits per heavy atom. The van der Waals surface area contributed by atoms with Crippen LogP contribution in [0, 0.1) is 13.8 Å². The molecule has 0 aliphatic heterocycles. The molecule has 0 saturated heterocycles. The van der Waals surface area contributed by atoms with Crippen molar-refractivity contribution in [1.29, 1.82) is 0 Å². The normalized spacial score (nSPS) is 13.0. The van der Waals surface area contributed by atoms with Gasteiger partial charge in [-0.05, 0) is 57.0 Å². The molecule has 0 heterocycles. The Kier molecular flexibility index (Phi) is 5.54. The van der Waals surface area contributed by atoms with E-state index in [0.29, 0.717) is 16.8 Å². The fraction of sp³-hybridized carbons (Fsp3) is 0.286. The Balaban J connectivity index is 1.54. The van der Waals surface area contributed by atoms with Gasteiger partial charge in [0.05, 0.1) is 6.54 Å². The highest BCUT2D eigenvalue weighted by atomic mass is 16.2. The molecule has 1 saturated carbocycles. The molecule has 140 valence electrons. The number of aryl methyl sites for hydroxylation is 2. The summed E-state index contributed by atoms with van der Waals surface area (Å²) in [6, 6.07) is 12.6. The molecule has 0 unspecified atom stereocenters. The summed E-state index contributed by atoms with van der Waals surface area (Å²) in [5.74, 6) is -0.793. The molecule has 1 fully saturated rings. The summed E-state index contributed by atoms with van der Waals surface area (Å²) in [5, 5.41) is 8.23. The highest BCUT2D eigenvalue weighted by Gasteiger charge is 2.23. The first kappa shape index (κ1) is 18.6. The summed E-state index contributed by atoms with van der Waals surface area (Å²) in [4.78, 5) is 36.4. The molecule has 6 heteroatoms. The van der Waals surface area contributed by atoms with Crippen molar-refractivity contribution >= 4 is 23.4 Å². The van der Waals surface area contributed by atoms with Crippen molar-refractivity contribution in [3.8, 4) is 0 Å². The first-order chi connectivity index (χ1) is 12.9. The molecule has 1 aliphatic carbocycles. The van der Waals surface area contributed by atoms with E-state index in [0.717, 1.165) is 24.0 Å². The summed E-state index contributed by atoms with van der Waals surface area (Å²) < 4.78 is 0. The van der Waals surface area contributed by atoms with Gasteiger partial charge in [0.15, 0.2) is 0 Å². The molecular weight excluding hydrogens is 342 g/mol. The Bertz CT molecular complexity index is 868. The number of benzene rings is 2. The van der Waals surface area contributed by atoms with Crippen molar-refractivity contribution in [2.75, 3.05) is 11.9 Å². The van der Waals surface area contributed by atoms with Gasteiger partial charge in [0.25, 0.3) is 11.8 Å². The van der Waals surface area contributed by atoms with Gasteiger partial charge in [-0.15, -0.1) is 0 Å². The lowest BCUT2D eigenvalue weighted by Gasteiger charge is -2.09. The minimum absolute atomic E-state index is 0.142. The summed E-state index contributed by atoms with van der Waals surface area (Å²) in [5.41, 5.74) is 3.53. The number of amides is 3. The molecule has 0 aromatic heterocycles. The predicted molar refractivity (Wildman–Crippen MR) is 104 cm³/mol. The standard InChI is InChI=1S/C21H23N3O3/c1-13-8-14(2)10-16(9-13)20(26)22-12-19(25)23-18-5-3-4-15(11-18)21(27)24-17-6-7-17/h3-5,8-11,17H,6-7,12H2,1-2H3,(H,22,26)(H,23,25)(H,24,27). The highest BCUT2D eigenvalue weighted by molar-refractivity contribution is 6.00. The minimum atomic E-state index is -0.354. The van der Waals surface area contributed by atoms with E-state index in [2.05, 4.69) is 16.0 Å². The zero-order valence-corrected chi connectivity index (χ0v) is 15.5. The van der Waals surface area contributed by atoms with Gasteiger partial charge in [-0.25, -0.2) is 0 Å². The van der Waals surface area contributed by atoms with Gasteiger partial charge in [0, 0.05) is 22.9 Å². The number of carbonyl (C=O) groups is 3. The number of hydrogen-bond donors (Lipinski definition) is 3. The van der Waals surface area contributed by atoms with E-state index in [1.807, 2.05) is 19.9 Å². The predicted octanol–water partition coefficient (Wildman–Crippen LogP) is 2.56. The van der Waals surface area contributed by atoms with Crippen LogP contribution in [-0.2, 0) is 4.79 Å². The minimum Gasteiger partial charge on any atom is -0.349 e. The Labute approximate surface area is 158 Å². The van der Waals surface area contributed by atoms with Crippen LogP contribution in [0.2, 0.25) is 0 Å². The van der Waals surface area contributed by atoms with E-state index in [4.69, 9.17) is 0 Å². The summed E-state index contributed by atoms with van der Waals surface area (Å²) in [6.07, 6.45) is 2.03. The molecule has 3 amide bonds. The zero-order valence-electron chi connectivity index (χ0n) is 15.5. The third-order valence-electron chi connectivity index (χ3n) is 4.21. The second-order valence-electron chi connectivity index (χ2n) is 6.94. The topological polar surface area (TPSA) is 87.3 Å². The molecule has 0 bridgehead atoms. The smallest absolute Gasteiger partial charge is 0.251 e. The molecule has 27 heavy (non-hydrogen) atoms. The van der Waals surface area contributed by atoms with Crippen LogP contribution in [0.15, 0.2) is 42.5 Å². The fourth-order valence-corrected chi connectivity index (χ4v) is 2.81. The lowest BCUT2D eigenvalue weighted by molar-refractivity contribution is -0.115. The van der Waals surface area contributed by atoms with Gasteiger partial charge in [-0.2, -0.15) is 0 Å². The third kappa shape index (κ3) is 5.41. The molecule has 3 N–H and O–H groups in total. The number of nitrogens with one attached hydrogen (secondary N) is 3. The monoisotopic (exact) mass is 365 g/mol. The van der Waals surface area contributed by atoms with E-state index in [1.54, 1.807) is 36.4 Å². The van der Waals surface area contributed by atoms with Gasteiger partial charge in [-0.3, -0.25) is 14.4 Å². The molecule has 0 atom stereocenters. The third-order valence-corrected chi connectivity index (χ3v) is 4.21. The first-order valence-corrected chi connectivity index (χ1v) is 8.98. The molecule has 2 aromatic rings. The summed E-state index contributed by atoms with van der Waals surface area (Å²) in [7, 11) is 0.